The van der Waals surface area contributed by atoms with Crippen LogP contribution in [0.15, 0.2) is 0 Å². The molecule has 1 spiro atoms. The van der Waals surface area contributed by atoms with Gasteiger partial charge in [0.25, 0.3) is 0 Å². The van der Waals surface area contributed by atoms with Gasteiger partial charge in [0.05, 0.1) is 6.61 Å². The van der Waals surface area contributed by atoms with Gasteiger partial charge in [0, 0.05) is 0 Å². The molecule has 0 aliphatic carbocycles. The Balaban J connectivity index is 1.89. The third-order valence-corrected chi connectivity index (χ3v) is 3.50. The van der Waals surface area contributed by atoms with E-state index in [-0.39, 0.29) is 25.4 Å². The Labute approximate surface area is 106 Å². The van der Waals surface area contributed by atoms with Crippen molar-refractivity contribution in [3.63, 3.8) is 0 Å². The van der Waals surface area contributed by atoms with Gasteiger partial charge >= 0.3 is 0 Å². The average Bonchev–Trinajstić information content (AvgIpc) is 2.81. The first-order chi connectivity index (χ1) is 8.27. The maximum Gasteiger partial charge on any atom is 0.224 e. The molecule has 0 aromatic rings. The second kappa shape index (κ2) is 3.65. The lowest BCUT2D eigenvalue weighted by Crippen LogP contribution is -2.46. The largest absolute Gasteiger partial charge is 0.394 e. The van der Waals surface area contributed by atoms with E-state index in [0.29, 0.717) is 0 Å². The predicted octanol–water partition coefficient (Wildman–Crippen LogP) is 0.377. The summed E-state index contributed by atoms with van der Waals surface area (Å²) in [5, 5.41) is 9.40. The highest BCUT2D eigenvalue weighted by Crippen LogP contribution is 2.49. The summed E-state index contributed by atoms with van der Waals surface area (Å²) >= 11 is 0. The number of aliphatic hydroxyl groups excluding tert-OH is 1. The van der Waals surface area contributed by atoms with Crippen molar-refractivity contribution < 1.29 is 28.8 Å². The van der Waals surface area contributed by atoms with Crippen molar-refractivity contribution in [2.45, 2.75) is 63.4 Å². The molecule has 18 heavy (non-hydrogen) atoms. The van der Waals surface area contributed by atoms with E-state index in [4.69, 9.17) is 23.7 Å². The minimum atomic E-state index is -0.977. The Morgan fingerprint density at radius 3 is 2.33 bits per heavy atom. The second-order valence-corrected chi connectivity index (χ2v) is 5.96. The normalized spacial score (nSPS) is 48.8. The molecule has 4 atom stereocenters. The Hall–Kier alpha value is -0.240. The van der Waals surface area contributed by atoms with Crippen molar-refractivity contribution in [1.82, 2.24) is 0 Å². The average molecular weight is 260 g/mol. The second-order valence-electron chi connectivity index (χ2n) is 5.96. The molecule has 6 nitrogen and oxygen atoms in total. The van der Waals surface area contributed by atoms with Gasteiger partial charge in [-0.2, -0.15) is 0 Å². The van der Waals surface area contributed by atoms with E-state index in [9.17, 15) is 5.11 Å². The number of aliphatic hydroxyl groups is 1. The van der Waals surface area contributed by atoms with Gasteiger partial charge in [-0.25, -0.2) is 0 Å². The molecule has 0 radical (unpaired) electrons. The maximum absolute atomic E-state index is 9.40. The highest BCUT2D eigenvalue weighted by molar-refractivity contribution is 5.05. The van der Waals surface area contributed by atoms with Gasteiger partial charge in [0.15, 0.2) is 11.6 Å². The molecule has 1 N–H and O–H groups in total. The third kappa shape index (κ3) is 1.79. The van der Waals surface area contributed by atoms with Gasteiger partial charge in [-0.05, 0) is 27.7 Å². The third-order valence-electron chi connectivity index (χ3n) is 3.50. The van der Waals surface area contributed by atoms with E-state index in [1.165, 1.54) is 0 Å². The summed E-state index contributed by atoms with van der Waals surface area (Å²) in [6.45, 7) is 7.48. The summed E-state index contributed by atoms with van der Waals surface area (Å²) in [7, 11) is 0. The molecule has 0 aromatic heterocycles. The molecule has 0 saturated carbocycles. The standard InChI is InChI=1S/C12H20O6/c1-10(2)14-6-12(18-10)9-8(7(5-13)15-12)16-11(3,4)17-9/h7-9,13H,5-6H2,1-4H3/t7-,8-,9-,12-/m1/s1. The molecule has 0 amide bonds. The van der Waals surface area contributed by atoms with Crippen LogP contribution in [-0.2, 0) is 23.7 Å². The summed E-state index contributed by atoms with van der Waals surface area (Å²) < 4.78 is 28.9. The van der Waals surface area contributed by atoms with Crippen LogP contribution in [0.2, 0.25) is 0 Å². The van der Waals surface area contributed by atoms with Crippen molar-refractivity contribution in [2.75, 3.05) is 13.2 Å². The topological polar surface area (TPSA) is 66.4 Å². The molecule has 3 aliphatic heterocycles. The van der Waals surface area contributed by atoms with E-state index in [2.05, 4.69) is 0 Å². The van der Waals surface area contributed by atoms with Crippen molar-refractivity contribution >= 4 is 0 Å². The number of fused-ring (bicyclic) bond motifs is 2. The van der Waals surface area contributed by atoms with E-state index in [1.54, 1.807) is 0 Å². The van der Waals surface area contributed by atoms with Crippen LogP contribution < -0.4 is 0 Å². The minimum Gasteiger partial charge on any atom is -0.394 e. The van der Waals surface area contributed by atoms with E-state index >= 15 is 0 Å². The monoisotopic (exact) mass is 260 g/mol. The van der Waals surface area contributed by atoms with Gasteiger partial charge in [0.2, 0.25) is 5.79 Å². The number of ether oxygens (including phenoxy) is 5. The SMILES string of the molecule is CC1(C)O[C@H]2[C@@H](O1)[C@]1(COC(C)(C)O1)O[C@@H]2CO. The molecule has 3 saturated heterocycles. The highest BCUT2D eigenvalue weighted by atomic mass is 16.9. The fraction of sp³-hybridized carbons (Fsp3) is 1.00. The van der Waals surface area contributed by atoms with Gasteiger partial charge in [-0.1, -0.05) is 0 Å². The molecule has 0 bridgehead atoms. The van der Waals surface area contributed by atoms with Crippen LogP contribution in [0.4, 0.5) is 0 Å². The molecular formula is C12H20O6. The molecule has 3 heterocycles. The zero-order chi connectivity index (χ0) is 13.2. The van der Waals surface area contributed by atoms with Crippen molar-refractivity contribution in [2.24, 2.45) is 0 Å². The van der Waals surface area contributed by atoms with Crippen molar-refractivity contribution in [3.8, 4) is 0 Å². The van der Waals surface area contributed by atoms with E-state index in [0.717, 1.165) is 0 Å². The molecule has 3 rings (SSSR count). The lowest BCUT2D eigenvalue weighted by Gasteiger charge is -2.30. The fourth-order valence-electron chi connectivity index (χ4n) is 2.88. The zero-order valence-corrected chi connectivity index (χ0v) is 11.1. The lowest BCUT2D eigenvalue weighted by molar-refractivity contribution is -0.298. The van der Waals surface area contributed by atoms with Crippen LogP contribution in [0.3, 0.4) is 0 Å². The van der Waals surface area contributed by atoms with Gasteiger partial charge in [-0.15, -0.1) is 0 Å². The Morgan fingerprint density at radius 1 is 1.06 bits per heavy atom. The Bertz CT molecular complexity index is 354. The minimum absolute atomic E-state index is 0.133. The highest BCUT2D eigenvalue weighted by Gasteiger charge is 2.67. The quantitative estimate of drug-likeness (QED) is 0.735. The number of rotatable bonds is 1. The van der Waals surface area contributed by atoms with Gasteiger partial charge in [-0.3, -0.25) is 0 Å². The van der Waals surface area contributed by atoms with Crippen molar-refractivity contribution in [3.05, 3.63) is 0 Å². The maximum atomic E-state index is 9.40. The van der Waals surface area contributed by atoms with Crippen LogP contribution in [0, 0.1) is 0 Å². The lowest BCUT2D eigenvalue weighted by atomic mass is 10.1. The van der Waals surface area contributed by atoms with Gasteiger partial charge in [0.1, 0.15) is 24.9 Å². The molecule has 3 fully saturated rings. The van der Waals surface area contributed by atoms with Crippen LogP contribution in [0.5, 0.6) is 0 Å². The van der Waals surface area contributed by atoms with Crippen LogP contribution in [-0.4, -0.2) is 54.0 Å². The molecule has 6 heteroatoms. The van der Waals surface area contributed by atoms with Crippen LogP contribution >= 0.6 is 0 Å². The number of hydrogen-bond acceptors (Lipinski definition) is 6. The summed E-state index contributed by atoms with van der Waals surface area (Å²) in [6, 6.07) is 0. The summed E-state index contributed by atoms with van der Waals surface area (Å²) in [4.78, 5) is 0. The molecule has 0 aromatic carbocycles. The number of hydrogen-bond donors (Lipinski definition) is 1. The van der Waals surface area contributed by atoms with E-state index in [1.807, 2.05) is 27.7 Å². The first-order valence-corrected chi connectivity index (χ1v) is 6.25. The molecular weight excluding hydrogens is 240 g/mol. The molecule has 104 valence electrons. The Morgan fingerprint density at radius 2 is 1.78 bits per heavy atom. The Kier molecular flexibility index (Phi) is 2.59. The smallest absolute Gasteiger partial charge is 0.224 e. The van der Waals surface area contributed by atoms with Crippen LogP contribution in [0.1, 0.15) is 27.7 Å². The molecule has 3 aliphatic rings. The first kappa shape index (κ1) is 12.8. The zero-order valence-electron chi connectivity index (χ0n) is 11.1. The summed E-state index contributed by atoms with van der Waals surface area (Å²) in [5.41, 5.74) is 0. The van der Waals surface area contributed by atoms with E-state index < -0.39 is 23.5 Å². The van der Waals surface area contributed by atoms with Crippen molar-refractivity contribution in [1.29, 1.82) is 0 Å². The van der Waals surface area contributed by atoms with Crippen LogP contribution in [0.25, 0.3) is 0 Å². The fourth-order valence-corrected chi connectivity index (χ4v) is 2.88. The summed E-state index contributed by atoms with van der Waals surface area (Å²) in [5.74, 6) is -2.39. The first-order valence-electron chi connectivity index (χ1n) is 6.25. The molecule has 0 unspecified atom stereocenters. The predicted molar refractivity (Wildman–Crippen MR) is 59.6 cm³/mol. The summed E-state index contributed by atoms with van der Waals surface area (Å²) in [6.07, 6.45) is -1.16. The van der Waals surface area contributed by atoms with Gasteiger partial charge < -0.3 is 28.8 Å².